The minimum Gasteiger partial charge on any atom is -0.378 e. The largest absolute Gasteiger partial charge is 0.378 e. The van der Waals surface area contributed by atoms with Gasteiger partial charge in [0.05, 0.1) is 0 Å². The molecule has 0 aliphatic heterocycles. The molecule has 0 radical (unpaired) electrons. The first kappa shape index (κ1) is 34.5. The van der Waals surface area contributed by atoms with Crippen molar-refractivity contribution < 1.29 is 0 Å². The lowest BCUT2D eigenvalue weighted by Gasteiger charge is -2.24. The summed E-state index contributed by atoms with van der Waals surface area (Å²) >= 11 is 0. The van der Waals surface area contributed by atoms with Crippen LogP contribution in [0.5, 0.6) is 0 Å². The Balaban J connectivity index is 1.54. The van der Waals surface area contributed by atoms with E-state index < -0.39 is 0 Å². The third-order valence-electron chi connectivity index (χ3n) is 9.13. The molecule has 0 atom stereocenters. The normalized spacial score (nSPS) is 11.9. The Hall–Kier alpha value is -4.82. The van der Waals surface area contributed by atoms with Crippen LogP contribution in [0.3, 0.4) is 0 Å². The van der Waals surface area contributed by atoms with Crippen LogP contribution in [0.2, 0.25) is 0 Å². The van der Waals surface area contributed by atoms with Crippen LogP contribution in [0.15, 0.2) is 109 Å². The monoisotopic (exact) mass is 632 g/mol. The molecule has 0 amide bonds. The minimum atomic E-state index is 1.08. The maximum Gasteiger partial charge on any atom is 0.0366 e. The lowest BCUT2D eigenvalue weighted by molar-refractivity contribution is 0.745. The van der Waals surface area contributed by atoms with Gasteiger partial charge in [-0.15, -0.1) is 0 Å². The average Bonchev–Trinajstić information content (AvgIpc) is 3.07. The van der Waals surface area contributed by atoms with Gasteiger partial charge in [0.25, 0.3) is 0 Å². The first-order valence-corrected chi connectivity index (χ1v) is 17.5. The molecule has 0 fully saturated rings. The Bertz CT molecular complexity index is 1870. The quantitative estimate of drug-likeness (QED) is 0.126. The molecule has 0 heterocycles. The second-order valence-corrected chi connectivity index (χ2v) is 13.4. The minimum absolute atomic E-state index is 1.08. The zero-order valence-electron chi connectivity index (χ0n) is 30.3. The number of hydrogen-bond acceptors (Lipinski definition) is 2. The highest BCUT2D eigenvalue weighted by Crippen LogP contribution is 2.33. The summed E-state index contributed by atoms with van der Waals surface area (Å²) < 4.78 is 0. The summed E-state index contributed by atoms with van der Waals surface area (Å²) in [5.41, 5.74) is 17.5. The van der Waals surface area contributed by atoms with Crippen LogP contribution < -0.4 is 9.80 Å². The average molecular weight is 633 g/mol. The molecule has 0 saturated carbocycles. The summed E-state index contributed by atoms with van der Waals surface area (Å²) in [4.78, 5) is 4.64. The molecule has 0 N–H and O–H groups in total. The molecule has 2 nitrogen and oxygen atoms in total. The molecule has 0 aliphatic carbocycles. The van der Waals surface area contributed by atoms with Gasteiger partial charge in [-0.05, 0) is 133 Å². The Morgan fingerprint density at radius 2 is 0.896 bits per heavy atom. The molecule has 5 aromatic rings. The van der Waals surface area contributed by atoms with Gasteiger partial charge in [-0.3, -0.25) is 0 Å². The van der Waals surface area contributed by atoms with Crippen LogP contribution in [-0.4, -0.2) is 27.2 Å². The van der Waals surface area contributed by atoms with Gasteiger partial charge >= 0.3 is 0 Å². The fourth-order valence-corrected chi connectivity index (χ4v) is 6.59. The summed E-state index contributed by atoms with van der Waals surface area (Å²) in [6.45, 7) is 15.4. The van der Waals surface area contributed by atoms with E-state index in [2.05, 4.69) is 187 Å². The van der Waals surface area contributed by atoms with Crippen molar-refractivity contribution in [1.82, 2.24) is 0 Å². The Morgan fingerprint density at radius 1 is 0.500 bits per heavy atom. The Morgan fingerprint density at radius 3 is 1.25 bits per heavy atom. The van der Waals surface area contributed by atoms with E-state index in [0.717, 1.165) is 25.9 Å². The van der Waals surface area contributed by atoms with Crippen molar-refractivity contribution in [2.24, 2.45) is 0 Å². The van der Waals surface area contributed by atoms with Crippen molar-refractivity contribution in [3.8, 4) is 0 Å². The van der Waals surface area contributed by atoms with Crippen LogP contribution >= 0.6 is 0 Å². The van der Waals surface area contributed by atoms with Gasteiger partial charge in [0, 0.05) is 38.6 Å². The smallest absolute Gasteiger partial charge is 0.0366 e. The summed E-state index contributed by atoms with van der Waals surface area (Å²) in [7, 11) is 4.17. The Labute approximate surface area is 290 Å². The zero-order valence-corrected chi connectivity index (χ0v) is 30.3. The highest BCUT2D eigenvalue weighted by atomic mass is 15.1. The van der Waals surface area contributed by atoms with E-state index in [1.54, 1.807) is 0 Å². The molecule has 5 rings (SSSR count). The molecule has 0 saturated heterocycles. The summed E-state index contributed by atoms with van der Waals surface area (Å²) in [5.74, 6) is 0. The number of hydrogen-bond donors (Lipinski definition) is 0. The second-order valence-electron chi connectivity index (χ2n) is 13.4. The highest BCUT2D eigenvalue weighted by Gasteiger charge is 2.13. The topological polar surface area (TPSA) is 6.48 Å². The van der Waals surface area contributed by atoms with Crippen LogP contribution in [0.4, 0.5) is 11.4 Å². The van der Waals surface area contributed by atoms with Crippen molar-refractivity contribution in [3.05, 3.63) is 165 Å². The van der Waals surface area contributed by atoms with Crippen LogP contribution in [0.1, 0.15) is 82.3 Å². The fourth-order valence-electron chi connectivity index (χ4n) is 6.59. The van der Waals surface area contributed by atoms with E-state index in [1.165, 1.54) is 78.2 Å². The lowest BCUT2D eigenvalue weighted by Crippen LogP contribution is -2.24. The molecule has 0 aromatic heterocycles. The first-order valence-electron chi connectivity index (χ1n) is 17.5. The number of nitrogens with zero attached hydrogens (tertiary/aromatic N) is 2. The maximum absolute atomic E-state index is 2.50. The number of aryl methyl sites for hydroxylation is 4. The van der Waals surface area contributed by atoms with E-state index in [-0.39, 0.29) is 0 Å². The predicted molar refractivity (Wildman–Crippen MR) is 212 cm³/mol. The fraction of sp³-hybridized carbons (Fsp3) is 0.261. The summed E-state index contributed by atoms with van der Waals surface area (Å²) in [6, 6.07) is 40.6. The third kappa shape index (κ3) is 8.36. The van der Waals surface area contributed by atoms with Crippen LogP contribution in [-0.2, 0) is 0 Å². The van der Waals surface area contributed by atoms with E-state index in [4.69, 9.17) is 0 Å². The van der Waals surface area contributed by atoms with Gasteiger partial charge in [0.1, 0.15) is 0 Å². The second kappa shape index (κ2) is 15.8. The third-order valence-corrected chi connectivity index (χ3v) is 9.13. The summed E-state index contributed by atoms with van der Waals surface area (Å²) in [5, 5.41) is 0. The number of rotatable bonds is 12. The molecular formula is C46H52N2. The van der Waals surface area contributed by atoms with Crippen LogP contribution in [0.25, 0.3) is 23.3 Å². The van der Waals surface area contributed by atoms with Crippen molar-refractivity contribution in [1.29, 1.82) is 0 Å². The molecule has 5 aromatic carbocycles. The molecule has 0 bridgehead atoms. The predicted octanol–water partition coefficient (Wildman–Crippen LogP) is 11.8. The van der Waals surface area contributed by atoms with Gasteiger partial charge in [0.15, 0.2) is 0 Å². The van der Waals surface area contributed by atoms with E-state index in [9.17, 15) is 0 Å². The maximum atomic E-state index is 2.50. The zero-order chi connectivity index (χ0) is 34.2. The standard InChI is InChI=1S/C46H52N2/c1-9-27-48(28-10-2)42-23-19-40(20-24-42)46(44-26-12-34(4)30-36(44)6)32-38-15-13-37(14-16-38)31-45(43-25-11-33(3)29-35(43)5)39-17-21-41(22-18-39)47(7)8/h11-26,29-32H,9-10,27-28H2,1-8H3. The molecule has 0 spiro atoms. The van der Waals surface area contributed by atoms with Crippen molar-refractivity contribution in [3.63, 3.8) is 0 Å². The first-order chi connectivity index (χ1) is 23.2. The van der Waals surface area contributed by atoms with Gasteiger partial charge in [-0.2, -0.15) is 0 Å². The van der Waals surface area contributed by atoms with E-state index in [1.807, 2.05) is 0 Å². The highest BCUT2D eigenvalue weighted by molar-refractivity contribution is 5.94. The van der Waals surface area contributed by atoms with E-state index in [0.29, 0.717) is 0 Å². The number of anilines is 2. The molecular weight excluding hydrogens is 581 g/mol. The van der Waals surface area contributed by atoms with Crippen molar-refractivity contribution in [2.45, 2.75) is 54.4 Å². The van der Waals surface area contributed by atoms with E-state index >= 15 is 0 Å². The number of benzene rings is 5. The van der Waals surface area contributed by atoms with Gasteiger partial charge in [-0.1, -0.05) is 110 Å². The van der Waals surface area contributed by atoms with Gasteiger partial charge in [-0.25, -0.2) is 0 Å². The van der Waals surface area contributed by atoms with Crippen molar-refractivity contribution in [2.75, 3.05) is 37.0 Å². The SMILES string of the molecule is CCCN(CCC)c1ccc(C(=Cc2ccc(C=C(c3ccc(N(C)C)cc3)c3ccc(C)cc3C)cc2)c2ccc(C)cc2C)cc1. The summed E-state index contributed by atoms with van der Waals surface area (Å²) in [6.07, 6.45) is 6.98. The molecule has 246 valence electrons. The van der Waals surface area contributed by atoms with Gasteiger partial charge < -0.3 is 9.80 Å². The molecule has 48 heavy (non-hydrogen) atoms. The molecule has 0 unspecified atom stereocenters. The van der Waals surface area contributed by atoms with Crippen molar-refractivity contribution >= 4 is 34.7 Å². The molecule has 0 aliphatic rings. The molecule has 2 heteroatoms. The Kier molecular flexibility index (Phi) is 11.4. The lowest BCUT2D eigenvalue weighted by atomic mass is 9.90. The van der Waals surface area contributed by atoms with Gasteiger partial charge in [0.2, 0.25) is 0 Å². The van der Waals surface area contributed by atoms with Crippen LogP contribution in [0, 0.1) is 27.7 Å².